The Bertz CT molecular complexity index is 138. The third-order valence-electron chi connectivity index (χ3n) is 3.03. The quantitative estimate of drug-likeness (QED) is 0.735. The zero-order valence-corrected chi connectivity index (χ0v) is 9.23. The zero-order valence-electron chi connectivity index (χ0n) is 8.42. The molecular weight excluding hydrogens is 166 g/mol. The molecule has 0 radical (unpaired) electrons. The highest BCUT2D eigenvalue weighted by atomic mass is 32.2. The fourth-order valence-electron chi connectivity index (χ4n) is 1.74. The molecule has 2 N–H and O–H groups in total. The zero-order chi connectivity index (χ0) is 9.14. The molecule has 0 heterocycles. The van der Waals surface area contributed by atoms with Crippen molar-refractivity contribution in [2.45, 2.75) is 56.6 Å². The Hall–Kier alpha value is 0.310. The van der Waals surface area contributed by atoms with Crippen molar-refractivity contribution in [3.8, 4) is 0 Å². The summed E-state index contributed by atoms with van der Waals surface area (Å²) in [6.45, 7) is 6.89. The van der Waals surface area contributed by atoms with Crippen LogP contribution in [0.1, 0.15) is 40.0 Å². The summed E-state index contributed by atoms with van der Waals surface area (Å²) in [6.07, 6.45) is 3.84. The molecule has 0 bridgehead atoms. The molecule has 0 aromatic carbocycles. The monoisotopic (exact) mass is 187 g/mol. The van der Waals surface area contributed by atoms with Gasteiger partial charge in [0, 0.05) is 16.5 Å². The van der Waals surface area contributed by atoms with Gasteiger partial charge < -0.3 is 5.73 Å². The van der Waals surface area contributed by atoms with E-state index < -0.39 is 0 Å². The van der Waals surface area contributed by atoms with Crippen LogP contribution in [0.3, 0.4) is 0 Å². The van der Waals surface area contributed by atoms with Crippen molar-refractivity contribution in [1.82, 2.24) is 0 Å². The molecule has 2 heteroatoms. The standard InChI is InChI=1S/C10H21NS/c1-4-7(2)12-10-6-5-9(11)8(10)3/h7-10H,4-6,11H2,1-3H3. The fraction of sp³-hybridized carbons (Fsp3) is 1.00. The largest absolute Gasteiger partial charge is 0.327 e. The van der Waals surface area contributed by atoms with Crippen LogP contribution in [-0.4, -0.2) is 16.5 Å². The van der Waals surface area contributed by atoms with E-state index in [-0.39, 0.29) is 0 Å². The van der Waals surface area contributed by atoms with E-state index >= 15 is 0 Å². The molecule has 1 saturated carbocycles. The molecule has 72 valence electrons. The first-order valence-corrected chi connectivity index (χ1v) is 6.00. The second-order valence-corrected chi connectivity index (χ2v) is 5.68. The summed E-state index contributed by atoms with van der Waals surface area (Å²) in [6, 6.07) is 0.464. The molecule has 1 fully saturated rings. The molecule has 0 spiro atoms. The van der Waals surface area contributed by atoms with Gasteiger partial charge >= 0.3 is 0 Å². The molecule has 0 amide bonds. The normalized spacial score (nSPS) is 38.5. The van der Waals surface area contributed by atoms with Crippen molar-refractivity contribution in [2.75, 3.05) is 0 Å². The van der Waals surface area contributed by atoms with Crippen LogP contribution in [0.25, 0.3) is 0 Å². The van der Waals surface area contributed by atoms with Gasteiger partial charge in [-0.1, -0.05) is 20.8 Å². The Kier molecular flexibility index (Phi) is 3.91. The molecular formula is C10H21NS. The van der Waals surface area contributed by atoms with Crippen molar-refractivity contribution in [1.29, 1.82) is 0 Å². The first-order valence-electron chi connectivity index (χ1n) is 5.06. The van der Waals surface area contributed by atoms with Crippen LogP contribution in [0.15, 0.2) is 0 Å². The third-order valence-corrected chi connectivity index (χ3v) is 4.84. The molecule has 12 heavy (non-hydrogen) atoms. The molecule has 0 aliphatic heterocycles. The van der Waals surface area contributed by atoms with Gasteiger partial charge in [-0.2, -0.15) is 11.8 Å². The fourth-order valence-corrected chi connectivity index (χ4v) is 3.26. The van der Waals surface area contributed by atoms with Crippen molar-refractivity contribution in [3.05, 3.63) is 0 Å². The van der Waals surface area contributed by atoms with Crippen LogP contribution in [0.4, 0.5) is 0 Å². The molecule has 1 aliphatic carbocycles. The molecule has 0 aromatic rings. The summed E-state index contributed by atoms with van der Waals surface area (Å²) < 4.78 is 0. The summed E-state index contributed by atoms with van der Waals surface area (Å²) in [7, 11) is 0. The van der Waals surface area contributed by atoms with Gasteiger partial charge in [-0.05, 0) is 25.2 Å². The SMILES string of the molecule is CCC(C)SC1CCC(N)C1C. The molecule has 4 unspecified atom stereocenters. The van der Waals surface area contributed by atoms with Crippen LogP contribution in [0, 0.1) is 5.92 Å². The van der Waals surface area contributed by atoms with Crippen LogP contribution in [0.5, 0.6) is 0 Å². The summed E-state index contributed by atoms with van der Waals surface area (Å²) in [4.78, 5) is 0. The minimum absolute atomic E-state index is 0.464. The van der Waals surface area contributed by atoms with Gasteiger partial charge in [-0.3, -0.25) is 0 Å². The lowest BCUT2D eigenvalue weighted by molar-refractivity contribution is 0.534. The van der Waals surface area contributed by atoms with E-state index in [1.165, 1.54) is 19.3 Å². The van der Waals surface area contributed by atoms with Gasteiger partial charge in [0.2, 0.25) is 0 Å². The maximum absolute atomic E-state index is 5.97. The lowest BCUT2D eigenvalue weighted by Gasteiger charge is -2.20. The molecule has 0 aromatic heterocycles. The summed E-state index contributed by atoms with van der Waals surface area (Å²) >= 11 is 2.14. The van der Waals surface area contributed by atoms with Crippen molar-refractivity contribution in [2.24, 2.45) is 11.7 Å². The van der Waals surface area contributed by atoms with Gasteiger partial charge in [0.25, 0.3) is 0 Å². The van der Waals surface area contributed by atoms with Crippen LogP contribution in [0.2, 0.25) is 0 Å². The van der Waals surface area contributed by atoms with Crippen LogP contribution >= 0.6 is 11.8 Å². The van der Waals surface area contributed by atoms with E-state index in [1.54, 1.807) is 0 Å². The van der Waals surface area contributed by atoms with Gasteiger partial charge in [0.1, 0.15) is 0 Å². The maximum Gasteiger partial charge on any atom is 0.00906 e. The Labute approximate surface area is 80.5 Å². The van der Waals surface area contributed by atoms with Crippen molar-refractivity contribution in [3.63, 3.8) is 0 Å². The predicted octanol–water partition coefficient (Wildman–Crippen LogP) is 2.64. The van der Waals surface area contributed by atoms with Gasteiger partial charge in [0.15, 0.2) is 0 Å². The molecule has 1 rings (SSSR count). The van der Waals surface area contributed by atoms with Gasteiger partial charge in [-0.15, -0.1) is 0 Å². The van der Waals surface area contributed by atoms with E-state index in [0.717, 1.165) is 16.4 Å². The minimum atomic E-state index is 0.464. The first-order chi connectivity index (χ1) is 5.65. The highest BCUT2D eigenvalue weighted by molar-refractivity contribution is 8.00. The Morgan fingerprint density at radius 2 is 2.17 bits per heavy atom. The Balaban J connectivity index is 2.33. The van der Waals surface area contributed by atoms with Gasteiger partial charge in [0.05, 0.1) is 0 Å². The van der Waals surface area contributed by atoms with E-state index in [1.807, 2.05) is 0 Å². The number of nitrogens with two attached hydrogens (primary N) is 1. The molecule has 1 nitrogen and oxygen atoms in total. The lowest BCUT2D eigenvalue weighted by Crippen LogP contribution is -2.26. The number of hydrogen-bond donors (Lipinski definition) is 1. The number of thioether (sulfide) groups is 1. The second kappa shape index (κ2) is 4.52. The average molecular weight is 187 g/mol. The minimum Gasteiger partial charge on any atom is -0.327 e. The van der Waals surface area contributed by atoms with Crippen molar-refractivity contribution < 1.29 is 0 Å². The topological polar surface area (TPSA) is 26.0 Å². The summed E-state index contributed by atoms with van der Waals surface area (Å²) in [5.74, 6) is 0.726. The Morgan fingerprint density at radius 3 is 2.58 bits per heavy atom. The van der Waals surface area contributed by atoms with E-state index in [4.69, 9.17) is 5.73 Å². The van der Waals surface area contributed by atoms with E-state index in [2.05, 4.69) is 32.5 Å². The van der Waals surface area contributed by atoms with Gasteiger partial charge in [-0.25, -0.2) is 0 Å². The summed E-state index contributed by atoms with van der Waals surface area (Å²) in [5.41, 5.74) is 5.97. The average Bonchev–Trinajstić information content (AvgIpc) is 2.36. The van der Waals surface area contributed by atoms with E-state index in [0.29, 0.717) is 6.04 Å². The summed E-state index contributed by atoms with van der Waals surface area (Å²) in [5, 5.41) is 1.64. The van der Waals surface area contributed by atoms with Crippen LogP contribution < -0.4 is 5.73 Å². The lowest BCUT2D eigenvalue weighted by atomic mass is 10.1. The molecule has 4 atom stereocenters. The predicted molar refractivity (Wildman–Crippen MR) is 57.5 cm³/mol. The molecule has 0 saturated heterocycles. The highest BCUT2D eigenvalue weighted by Gasteiger charge is 2.31. The maximum atomic E-state index is 5.97. The third kappa shape index (κ3) is 2.40. The number of hydrogen-bond acceptors (Lipinski definition) is 2. The van der Waals surface area contributed by atoms with E-state index in [9.17, 15) is 0 Å². The highest BCUT2D eigenvalue weighted by Crippen LogP contribution is 2.36. The second-order valence-electron chi connectivity index (χ2n) is 3.99. The van der Waals surface area contributed by atoms with Crippen LogP contribution in [-0.2, 0) is 0 Å². The smallest absolute Gasteiger partial charge is 0.00906 e. The number of rotatable bonds is 3. The van der Waals surface area contributed by atoms with Crippen molar-refractivity contribution >= 4 is 11.8 Å². The first kappa shape index (κ1) is 10.4. The Morgan fingerprint density at radius 1 is 1.50 bits per heavy atom. The molecule has 1 aliphatic rings.